The second-order valence-electron chi connectivity index (χ2n) is 7.56. The molecule has 0 saturated carbocycles. The topological polar surface area (TPSA) is 73.8 Å². The average Bonchev–Trinajstić information content (AvgIpc) is 3.40. The SMILES string of the molecule is COc1ccc2ccccc2c1[C@H]1C(C(C)=O)=C(C)N=c2sc(=Cc3ccco3)c(=O)n21. The van der Waals surface area contributed by atoms with Gasteiger partial charge < -0.3 is 9.15 Å². The standard InChI is InChI=1S/C25H20N2O4S/c1-14-21(15(2)28)23(22-18-9-5-4-7-16(18)10-11-19(22)30-3)27-24(29)20(32-25(27)26-14)13-17-8-6-12-31-17/h4-13,23H,1-3H3/t23-/m1/s1. The van der Waals surface area contributed by atoms with Crippen molar-refractivity contribution in [2.24, 2.45) is 4.99 Å². The molecule has 1 aliphatic heterocycles. The Balaban J connectivity index is 1.89. The predicted molar refractivity (Wildman–Crippen MR) is 124 cm³/mol. The molecule has 1 atom stereocenters. The molecule has 2 aromatic carbocycles. The maximum atomic E-state index is 13.6. The predicted octanol–water partition coefficient (Wildman–Crippen LogP) is 3.58. The molecule has 0 fully saturated rings. The van der Waals surface area contributed by atoms with Crippen LogP contribution in [0.15, 0.2) is 80.3 Å². The minimum atomic E-state index is -0.649. The van der Waals surface area contributed by atoms with E-state index < -0.39 is 6.04 Å². The molecular weight excluding hydrogens is 424 g/mol. The number of aromatic nitrogens is 1. The van der Waals surface area contributed by atoms with Gasteiger partial charge in [-0.1, -0.05) is 41.7 Å². The Hall–Kier alpha value is -3.71. The highest BCUT2D eigenvalue weighted by molar-refractivity contribution is 7.07. The molecule has 3 heterocycles. The number of carbonyl (C=O) groups excluding carboxylic acids is 1. The van der Waals surface area contributed by atoms with Crippen LogP contribution in [0.5, 0.6) is 5.75 Å². The van der Waals surface area contributed by atoms with Crippen LogP contribution in [0.2, 0.25) is 0 Å². The van der Waals surface area contributed by atoms with Gasteiger partial charge in [0.05, 0.1) is 23.9 Å². The van der Waals surface area contributed by atoms with Crippen molar-refractivity contribution in [3.8, 4) is 5.75 Å². The van der Waals surface area contributed by atoms with Crippen molar-refractivity contribution >= 4 is 34.0 Å². The maximum Gasteiger partial charge on any atom is 0.271 e. The van der Waals surface area contributed by atoms with E-state index in [2.05, 4.69) is 4.99 Å². The molecule has 4 aromatic rings. The fourth-order valence-electron chi connectivity index (χ4n) is 4.28. The number of thiazole rings is 1. The molecule has 160 valence electrons. The first-order valence-electron chi connectivity index (χ1n) is 10.1. The normalized spacial score (nSPS) is 16.2. The van der Waals surface area contributed by atoms with Crippen LogP contribution in [-0.2, 0) is 4.79 Å². The molecule has 1 aliphatic rings. The van der Waals surface area contributed by atoms with Gasteiger partial charge >= 0.3 is 0 Å². The lowest BCUT2D eigenvalue weighted by molar-refractivity contribution is -0.114. The van der Waals surface area contributed by atoms with Gasteiger partial charge in [-0.2, -0.15) is 0 Å². The third-order valence-electron chi connectivity index (χ3n) is 5.64. The lowest BCUT2D eigenvalue weighted by atomic mass is 9.89. The number of benzene rings is 2. The summed E-state index contributed by atoms with van der Waals surface area (Å²) in [7, 11) is 1.60. The number of hydrogen-bond donors (Lipinski definition) is 0. The van der Waals surface area contributed by atoms with E-state index in [0.717, 1.165) is 16.3 Å². The summed E-state index contributed by atoms with van der Waals surface area (Å²) in [6.45, 7) is 3.32. The zero-order valence-corrected chi connectivity index (χ0v) is 18.6. The summed E-state index contributed by atoms with van der Waals surface area (Å²) in [5, 5.41) is 1.92. The van der Waals surface area contributed by atoms with E-state index in [9.17, 15) is 9.59 Å². The molecule has 0 N–H and O–H groups in total. The Bertz CT molecular complexity index is 1570. The monoisotopic (exact) mass is 444 g/mol. The molecule has 0 aliphatic carbocycles. The number of carbonyl (C=O) groups is 1. The molecule has 0 amide bonds. The number of nitrogens with zero attached hydrogens (tertiary/aromatic N) is 2. The minimum absolute atomic E-state index is 0.133. The average molecular weight is 445 g/mol. The highest BCUT2D eigenvalue weighted by Gasteiger charge is 2.33. The quantitative estimate of drug-likeness (QED) is 0.482. The van der Waals surface area contributed by atoms with E-state index in [1.807, 2.05) is 43.3 Å². The van der Waals surface area contributed by atoms with Crippen LogP contribution in [0, 0.1) is 0 Å². The van der Waals surface area contributed by atoms with Gasteiger partial charge in [0.15, 0.2) is 10.6 Å². The molecule has 32 heavy (non-hydrogen) atoms. The highest BCUT2D eigenvalue weighted by atomic mass is 32.1. The number of Topliss-reactive ketones (excluding diaryl/α,β-unsaturated/α-hetero) is 1. The van der Waals surface area contributed by atoms with Crippen LogP contribution < -0.4 is 19.6 Å². The maximum absolute atomic E-state index is 13.6. The number of ether oxygens (including phenoxy) is 1. The first-order valence-corrected chi connectivity index (χ1v) is 10.9. The second kappa shape index (κ2) is 7.76. The van der Waals surface area contributed by atoms with E-state index in [-0.39, 0.29) is 11.3 Å². The fourth-order valence-corrected chi connectivity index (χ4v) is 5.31. The molecule has 6 nitrogen and oxygen atoms in total. The number of rotatable bonds is 4. The minimum Gasteiger partial charge on any atom is -0.496 e. The Morgan fingerprint density at radius 1 is 1.19 bits per heavy atom. The van der Waals surface area contributed by atoms with Gasteiger partial charge in [0.2, 0.25) is 0 Å². The summed E-state index contributed by atoms with van der Waals surface area (Å²) in [5.41, 5.74) is 1.63. The highest BCUT2D eigenvalue weighted by Crippen LogP contribution is 2.40. The molecule has 2 aromatic heterocycles. The third-order valence-corrected chi connectivity index (χ3v) is 6.62. The van der Waals surface area contributed by atoms with Gasteiger partial charge in [-0.05, 0) is 42.8 Å². The van der Waals surface area contributed by atoms with Gasteiger partial charge in [-0.15, -0.1) is 0 Å². The number of hydrogen-bond acceptors (Lipinski definition) is 6. The van der Waals surface area contributed by atoms with Gasteiger partial charge in [0.1, 0.15) is 11.5 Å². The molecule has 0 spiro atoms. The van der Waals surface area contributed by atoms with Crippen molar-refractivity contribution in [3.05, 3.63) is 97.1 Å². The number of methoxy groups -OCH3 is 1. The number of fused-ring (bicyclic) bond motifs is 2. The summed E-state index contributed by atoms with van der Waals surface area (Å²) in [4.78, 5) is 31.6. The van der Waals surface area contributed by atoms with Gasteiger partial charge in [-0.25, -0.2) is 4.99 Å². The van der Waals surface area contributed by atoms with Crippen LogP contribution in [0.25, 0.3) is 16.8 Å². The largest absolute Gasteiger partial charge is 0.496 e. The molecule has 0 radical (unpaired) electrons. The Morgan fingerprint density at radius 2 is 2.00 bits per heavy atom. The molecule has 5 rings (SSSR count). The summed E-state index contributed by atoms with van der Waals surface area (Å²) in [6.07, 6.45) is 3.26. The summed E-state index contributed by atoms with van der Waals surface area (Å²) < 4.78 is 13.2. The molecule has 0 saturated heterocycles. The van der Waals surface area contributed by atoms with Crippen molar-refractivity contribution in [1.82, 2.24) is 4.57 Å². The number of furan rings is 1. The van der Waals surface area contributed by atoms with E-state index >= 15 is 0 Å². The smallest absolute Gasteiger partial charge is 0.271 e. The second-order valence-corrected chi connectivity index (χ2v) is 8.57. The van der Waals surface area contributed by atoms with Gasteiger partial charge in [-0.3, -0.25) is 14.2 Å². The van der Waals surface area contributed by atoms with Crippen LogP contribution in [0.1, 0.15) is 31.2 Å². The van der Waals surface area contributed by atoms with Gasteiger partial charge in [0, 0.05) is 22.9 Å². The molecule has 7 heteroatoms. The van der Waals surface area contributed by atoms with Crippen molar-refractivity contribution in [2.45, 2.75) is 19.9 Å². The van der Waals surface area contributed by atoms with Crippen molar-refractivity contribution < 1.29 is 13.9 Å². The van der Waals surface area contributed by atoms with Crippen LogP contribution >= 0.6 is 11.3 Å². The number of allylic oxidation sites excluding steroid dienone is 2. The lowest BCUT2D eigenvalue weighted by Gasteiger charge is -2.27. The van der Waals surface area contributed by atoms with Crippen molar-refractivity contribution in [1.29, 1.82) is 0 Å². The molecule has 0 unspecified atom stereocenters. The molecular formula is C25H20N2O4S. The fraction of sp³-hybridized carbons (Fsp3) is 0.160. The lowest BCUT2D eigenvalue weighted by Crippen LogP contribution is -2.39. The Morgan fingerprint density at radius 3 is 2.72 bits per heavy atom. The Kier molecular flexibility index (Phi) is 4.90. The zero-order valence-electron chi connectivity index (χ0n) is 17.8. The van der Waals surface area contributed by atoms with E-state index in [4.69, 9.17) is 9.15 Å². The zero-order chi connectivity index (χ0) is 22.4. The third kappa shape index (κ3) is 3.13. The first kappa shape index (κ1) is 20.2. The van der Waals surface area contributed by atoms with Gasteiger partial charge in [0.25, 0.3) is 5.56 Å². The van der Waals surface area contributed by atoms with E-state index in [1.165, 1.54) is 18.3 Å². The molecule has 0 bridgehead atoms. The number of ketones is 1. The first-order chi connectivity index (χ1) is 15.5. The van der Waals surface area contributed by atoms with Crippen LogP contribution in [-0.4, -0.2) is 17.5 Å². The van der Waals surface area contributed by atoms with E-state index in [0.29, 0.717) is 32.1 Å². The van der Waals surface area contributed by atoms with E-state index in [1.54, 1.807) is 36.1 Å². The van der Waals surface area contributed by atoms with Crippen molar-refractivity contribution in [3.63, 3.8) is 0 Å². The van der Waals surface area contributed by atoms with Crippen LogP contribution in [0.3, 0.4) is 0 Å². The Labute approximate surface area is 187 Å². The van der Waals surface area contributed by atoms with Crippen molar-refractivity contribution in [2.75, 3.05) is 7.11 Å². The summed E-state index contributed by atoms with van der Waals surface area (Å²) in [5.74, 6) is 1.06. The summed E-state index contributed by atoms with van der Waals surface area (Å²) in [6, 6.07) is 14.6. The summed E-state index contributed by atoms with van der Waals surface area (Å²) >= 11 is 1.28. The van der Waals surface area contributed by atoms with Crippen LogP contribution in [0.4, 0.5) is 0 Å².